The average molecular weight is 258 g/mol. The third-order valence-corrected chi connectivity index (χ3v) is 3.01. The molecule has 0 unspecified atom stereocenters. The monoisotopic (exact) mass is 258 g/mol. The molecule has 4 heteroatoms. The fourth-order valence-corrected chi connectivity index (χ4v) is 2.04. The second kappa shape index (κ2) is 5.69. The molecule has 0 atom stereocenters. The quantitative estimate of drug-likeness (QED) is 0.913. The van der Waals surface area contributed by atoms with Crippen molar-refractivity contribution in [2.45, 2.75) is 33.6 Å². The van der Waals surface area contributed by atoms with Crippen LogP contribution in [-0.4, -0.2) is 11.1 Å². The van der Waals surface area contributed by atoms with Crippen molar-refractivity contribution in [3.8, 4) is 0 Å². The van der Waals surface area contributed by atoms with Gasteiger partial charge in [0.2, 0.25) is 0 Å². The molecule has 1 N–H and O–H groups in total. The molecular formula is C15H18N2O2. The van der Waals surface area contributed by atoms with Gasteiger partial charge in [-0.25, -0.2) is 0 Å². The van der Waals surface area contributed by atoms with Gasteiger partial charge in [0, 0.05) is 5.69 Å². The fraction of sp³-hybridized carbons (Fsp3) is 0.333. The number of carbonyl (C=O) groups excluding carboxylic acids is 1. The summed E-state index contributed by atoms with van der Waals surface area (Å²) < 4.78 is 4.99. The van der Waals surface area contributed by atoms with Gasteiger partial charge >= 0.3 is 0 Å². The minimum Gasteiger partial charge on any atom is -0.361 e. The fourth-order valence-electron chi connectivity index (χ4n) is 2.04. The summed E-state index contributed by atoms with van der Waals surface area (Å²) in [6, 6.07) is 7.90. The maximum atomic E-state index is 12.1. The lowest BCUT2D eigenvalue weighted by atomic mass is 10.1. The molecule has 0 aliphatic heterocycles. The molecule has 0 radical (unpaired) electrons. The summed E-state index contributed by atoms with van der Waals surface area (Å²) >= 11 is 0. The molecule has 1 heterocycles. The Hall–Kier alpha value is -2.10. The van der Waals surface area contributed by atoms with Crippen LogP contribution >= 0.6 is 0 Å². The van der Waals surface area contributed by atoms with Gasteiger partial charge in [0.15, 0.2) is 0 Å². The number of amides is 1. The zero-order valence-corrected chi connectivity index (χ0v) is 11.5. The van der Waals surface area contributed by atoms with Crippen LogP contribution in [0.15, 0.2) is 28.8 Å². The highest BCUT2D eigenvalue weighted by molar-refractivity contribution is 6.05. The number of benzene rings is 1. The predicted molar refractivity (Wildman–Crippen MR) is 74.4 cm³/mol. The number of nitrogens with one attached hydrogen (secondary N) is 1. The minimum atomic E-state index is -0.181. The maximum Gasteiger partial charge on any atom is 0.261 e. The Balaban J connectivity index is 2.11. The van der Waals surface area contributed by atoms with Gasteiger partial charge in [-0.1, -0.05) is 30.6 Å². The number of nitrogens with zero attached hydrogens (tertiary/aromatic N) is 1. The van der Waals surface area contributed by atoms with Gasteiger partial charge in [0.1, 0.15) is 11.3 Å². The van der Waals surface area contributed by atoms with Gasteiger partial charge in [-0.05, 0) is 38.0 Å². The number of hydrogen-bond acceptors (Lipinski definition) is 3. The summed E-state index contributed by atoms with van der Waals surface area (Å²) in [5, 5.41) is 6.64. The van der Waals surface area contributed by atoms with E-state index in [0.717, 1.165) is 18.5 Å². The number of aromatic nitrogens is 1. The van der Waals surface area contributed by atoms with Crippen molar-refractivity contribution in [2.24, 2.45) is 0 Å². The molecule has 100 valence electrons. The first-order chi connectivity index (χ1) is 9.11. The first-order valence-corrected chi connectivity index (χ1v) is 6.45. The van der Waals surface area contributed by atoms with Crippen LogP contribution < -0.4 is 5.32 Å². The van der Waals surface area contributed by atoms with Crippen LogP contribution in [0.1, 0.15) is 40.7 Å². The molecule has 2 aromatic rings. The molecule has 0 aliphatic carbocycles. The topological polar surface area (TPSA) is 55.1 Å². The second-order valence-electron chi connectivity index (χ2n) is 4.60. The van der Waals surface area contributed by atoms with E-state index >= 15 is 0 Å². The molecule has 0 aliphatic rings. The van der Waals surface area contributed by atoms with Crippen LogP contribution in [0.4, 0.5) is 5.69 Å². The van der Waals surface area contributed by atoms with Crippen LogP contribution in [0, 0.1) is 13.8 Å². The second-order valence-corrected chi connectivity index (χ2v) is 4.60. The van der Waals surface area contributed by atoms with Crippen LogP contribution in [0.2, 0.25) is 0 Å². The summed E-state index contributed by atoms with van der Waals surface area (Å²) in [4.78, 5) is 12.1. The normalized spacial score (nSPS) is 10.5. The summed E-state index contributed by atoms with van der Waals surface area (Å²) in [6.07, 6.45) is 2.17. The Morgan fingerprint density at radius 3 is 2.47 bits per heavy atom. The van der Waals surface area contributed by atoms with E-state index < -0.39 is 0 Å². The molecule has 0 fully saturated rings. The standard InChI is InChI=1S/C15H18N2O2/c1-4-5-12-6-8-13(9-7-12)16-15(18)14-10(2)17-19-11(14)3/h6-9H,4-5H2,1-3H3,(H,16,18). The van der Waals surface area contributed by atoms with E-state index in [0.29, 0.717) is 17.0 Å². The van der Waals surface area contributed by atoms with Crippen molar-refractivity contribution in [1.29, 1.82) is 0 Å². The molecule has 1 aromatic carbocycles. The Morgan fingerprint density at radius 2 is 1.95 bits per heavy atom. The van der Waals surface area contributed by atoms with E-state index in [4.69, 9.17) is 4.52 Å². The predicted octanol–water partition coefficient (Wildman–Crippen LogP) is 3.50. The van der Waals surface area contributed by atoms with Gasteiger partial charge < -0.3 is 9.84 Å². The number of anilines is 1. The van der Waals surface area contributed by atoms with Crippen molar-refractivity contribution in [3.05, 3.63) is 46.8 Å². The highest BCUT2D eigenvalue weighted by Gasteiger charge is 2.17. The average Bonchev–Trinajstić information content (AvgIpc) is 2.72. The zero-order valence-electron chi connectivity index (χ0n) is 11.5. The SMILES string of the molecule is CCCc1ccc(NC(=O)c2c(C)noc2C)cc1. The van der Waals surface area contributed by atoms with Crippen molar-refractivity contribution in [2.75, 3.05) is 5.32 Å². The lowest BCUT2D eigenvalue weighted by Crippen LogP contribution is -2.13. The highest BCUT2D eigenvalue weighted by atomic mass is 16.5. The summed E-state index contributed by atoms with van der Waals surface area (Å²) in [6.45, 7) is 5.64. The van der Waals surface area contributed by atoms with Crippen LogP contribution in [0.5, 0.6) is 0 Å². The lowest BCUT2D eigenvalue weighted by Gasteiger charge is -2.06. The third kappa shape index (κ3) is 3.02. The first kappa shape index (κ1) is 13.3. The molecule has 0 bridgehead atoms. The Kier molecular flexibility index (Phi) is 4.00. The minimum absolute atomic E-state index is 0.181. The van der Waals surface area contributed by atoms with E-state index in [1.165, 1.54) is 5.56 Å². The molecule has 0 saturated carbocycles. The molecule has 19 heavy (non-hydrogen) atoms. The smallest absolute Gasteiger partial charge is 0.261 e. The molecule has 2 rings (SSSR count). The number of aryl methyl sites for hydroxylation is 3. The Morgan fingerprint density at radius 1 is 1.26 bits per heavy atom. The maximum absolute atomic E-state index is 12.1. The molecule has 0 spiro atoms. The third-order valence-electron chi connectivity index (χ3n) is 3.01. The van der Waals surface area contributed by atoms with Crippen LogP contribution in [0.3, 0.4) is 0 Å². The molecule has 1 aromatic heterocycles. The van der Waals surface area contributed by atoms with Crippen molar-refractivity contribution >= 4 is 11.6 Å². The van der Waals surface area contributed by atoms with E-state index in [-0.39, 0.29) is 5.91 Å². The Bertz CT molecular complexity index is 551. The largest absolute Gasteiger partial charge is 0.361 e. The van der Waals surface area contributed by atoms with Crippen LogP contribution in [0.25, 0.3) is 0 Å². The van der Waals surface area contributed by atoms with Gasteiger partial charge in [-0.2, -0.15) is 0 Å². The first-order valence-electron chi connectivity index (χ1n) is 6.45. The number of carbonyl (C=O) groups is 1. The van der Waals surface area contributed by atoms with E-state index in [1.807, 2.05) is 24.3 Å². The van der Waals surface area contributed by atoms with Crippen molar-refractivity contribution in [3.63, 3.8) is 0 Å². The van der Waals surface area contributed by atoms with E-state index in [2.05, 4.69) is 17.4 Å². The molecule has 4 nitrogen and oxygen atoms in total. The lowest BCUT2D eigenvalue weighted by molar-refractivity contribution is 0.102. The molecule has 0 saturated heterocycles. The van der Waals surface area contributed by atoms with E-state index in [9.17, 15) is 4.79 Å². The summed E-state index contributed by atoms with van der Waals surface area (Å²) in [7, 11) is 0. The van der Waals surface area contributed by atoms with Crippen LogP contribution in [-0.2, 0) is 6.42 Å². The summed E-state index contributed by atoms with van der Waals surface area (Å²) in [5.41, 5.74) is 3.18. The molecular weight excluding hydrogens is 240 g/mol. The Labute approximate surface area is 112 Å². The van der Waals surface area contributed by atoms with E-state index in [1.54, 1.807) is 13.8 Å². The van der Waals surface area contributed by atoms with Crippen molar-refractivity contribution < 1.29 is 9.32 Å². The van der Waals surface area contributed by atoms with Gasteiger partial charge in [-0.3, -0.25) is 4.79 Å². The van der Waals surface area contributed by atoms with Gasteiger partial charge in [-0.15, -0.1) is 0 Å². The number of hydrogen-bond donors (Lipinski definition) is 1. The van der Waals surface area contributed by atoms with Gasteiger partial charge in [0.25, 0.3) is 5.91 Å². The number of rotatable bonds is 4. The van der Waals surface area contributed by atoms with Crippen molar-refractivity contribution in [1.82, 2.24) is 5.16 Å². The zero-order chi connectivity index (χ0) is 13.8. The molecule has 1 amide bonds. The highest BCUT2D eigenvalue weighted by Crippen LogP contribution is 2.16. The summed E-state index contributed by atoms with van der Waals surface area (Å²) in [5.74, 6) is 0.358. The van der Waals surface area contributed by atoms with Gasteiger partial charge in [0.05, 0.1) is 5.69 Å².